The van der Waals surface area contributed by atoms with Gasteiger partial charge < -0.3 is 10.5 Å². The lowest BCUT2D eigenvalue weighted by atomic mass is 10.4. The van der Waals surface area contributed by atoms with Crippen LogP contribution in [0.5, 0.6) is 0 Å². The van der Waals surface area contributed by atoms with Gasteiger partial charge in [0.1, 0.15) is 6.73 Å². The molecule has 76 valence electrons. The zero-order valence-corrected chi connectivity index (χ0v) is 7.98. The lowest BCUT2D eigenvalue weighted by Crippen LogP contribution is -2.20. The van der Waals surface area contributed by atoms with E-state index >= 15 is 0 Å². The average molecular weight is 194 g/mol. The predicted molar refractivity (Wildman–Crippen MR) is 53.8 cm³/mol. The molecular formula is C10H14N2O2. The molecule has 1 heterocycles. The standard InChI is InChI=1S/C10H14N2O2/c11-9-3-4-10(13)12(5-9)7-14-6-8-1-2-8/h3-5,8H,1-2,6-7,11H2. The van der Waals surface area contributed by atoms with E-state index in [0.717, 1.165) is 6.61 Å². The van der Waals surface area contributed by atoms with Crippen LogP contribution in [0.1, 0.15) is 12.8 Å². The molecule has 0 saturated heterocycles. The summed E-state index contributed by atoms with van der Waals surface area (Å²) in [6, 6.07) is 3.05. The molecule has 0 spiro atoms. The highest BCUT2D eigenvalue weighted by atomic mass is 16.5. The van der Waals surface area contributed by atoms with Gasteiger partial charge in [0.05, 0.1) is 6.61 Å². The van der Waals surface area contributed by atoms with Crippen molar-refractivity contribution in [1.82, 2.24) is 4.57 Å². The van der Waals surface area contributed by atoms with Crippen molar-refractivity contribution in [3.63, 3.8) is 0 Å². The van der Waals surface area contributed by atoms with E-state index in [4.69, 9.17) is 10.5 Å². The Morgan fingerprint density at radius 2 is 2.29 bits per heavy atom. The number of rotatable bonds is 4. The molecule has 14 heavy (non-hydrogen) atoms. The number of nitrogen functional groups attached to an aromatic ring is 1. The first kappa shape index (κ1) is 9.27. The third kappa shape index (κ3) is 2.35. The minimum absolute atomic E-state index is 0.0741. The van der Waals surface area contributed by atoms with Crippen LogP contribution in [-0.2, 0) is 11.5 Å². The van der Waals surface area contributed by atoms with Crippen LogP contribution >= 0.6 is 0 Å². The van der Waals surface area contributed by atoms with Crippen molar-refractivity contribution in [2.45, 2.75) is 19.6 Å². The molecule has 0 unspecified atom stereocenters. The van der Waals surface area contributed by atoms with E-state index in [1.165, 1.54) is 23.5 Å². The second-order valence-corrected chi connectivity index (χ2v) is 3.71. The molecule has 4 heteroatoms. The van der Waals surface area contributed by atoms with Crippen molar-refractivity contribution in [2.24, 2.45) is 5.92 Å². The maximum atomic E-state index is 11.3. The third-order valence-electron chi connectivity index (χ3n) is 2.29. The molecule has 0 amide bonds. The number of ether oxygens (including phenoxy) is 1. The lowest BCUT2D eigenvalue weighted by molar-refractivity contribution is 0.0669. The summed E-state index contributed by atoms with van der Waals surface area (Å²) in [5.41, 5.74) is 6.06. The quantitative estimate of drug-likeness (QED) is 0.771. The smallest absolute Gasteiger partial charge is 0.252 e. The van der Waals surface area contributed by atoms with Crippen LogP contribution in [0.3, 0.4) is 0 Å². The Morgan fingerprint density at radius 3 is 3.00 bits per heavy atom. The minimum atomic E-state index is -0.0741. The largest absolute Gasteiger partial charge is 0.398 e. The van der Waals surface area contributed by atoms with Crippen LogP contribution < -0.4 is 11.3 Å². The molecule has 1 aromatic heterocycles. The van der Waals surface area contributed by atoms with E-state index in [2.05, 4.69) is 0 Å². The maximum absolute atomic E-state index is 11.3. The Bertz CT molecular complexity index is 369. The van der Waals surface area contributed by atoms with Crippen molar-refractivity contribution in [1.29, 1.82) is 0 Å². The first-order chi connectivity index (χ1) is 6.75. The van der Waals surface area contributed by atoms with Crippen molar-refractivity contribution in [3.05, 3.63) is 28.7 Å². The van der Waals surface area contributed by atoms with E-state index in [0.29, 0.717) is 18.3 Å². The molecule has 0 aromatic carbocycles. The highest BCUT2D eigenvalue weighted by molar-refractivity contribution is 5.33. The van der Waals surface area contributed by atoms with Gasteiger partial charge in [0, 0.05) is 18.0 Å². The Hall–Kier alpha value is -1.29. The SMILES string of the molecule is Nc1ccc(=O)n(COCC2CC2)c1. The summed E-state index contributed by atoms with van der Waals surface area (Å²) in [7, 11) is 0. The van der Waals surface area contributed by atoms with Crippen molar-refractivity contribution >= 4 is 5.69 Å². The molecule has 2 rings (SSSR count). The van der Waals surface area contributed by atoms with Gasteiger partial charge in [-0.15, -0.1) is 0 Å². The normalized spacial score (nSPS) is 15.7. The predicted octanol–water partition coefficient (Wildman–Crippen LogP) is 0.815. The number of nitrogens with zero attached hydrogens (tertiary/aromatic N) is 1. The van der Waals surface area contributed by atoms with Gasteiger partial charge in [-0.05, 0) is 24.8 Å². The molecule has 1 fully saturated rings. The zero-order chi connectivity index (χ0) is 9.97. The maximum Gasteiger partial charge on any atom is 0.252 e. The molecule has 1 aromatic rings. The number of anilines is 1. The van der Waals surface area contributed by atoms with Gasteiger partial charge in [0.2, 0.25) is 0 Å². The first-order valence-electron chi connectivity index (χ1n) is 4.79. The van der Waals surface area contributed by atoms with Crippen LogP contribution in [0.15, 0.2) is 23.1 Å². The highest BCUT2D eigenvalue weighted by Crippen LogP contribution is 2.28. The molecule has 0 bridgehead atoms. The topological polar surface area (TPSA) is 57.2 Å². The summed E-state index contributed by atoms with van der Waals surface area (Å²) < 4.78 is 6.87. The second kappa shape index (κ2) is 3.84. The van der Waals surface area contributed by atoms with Gasteiger partial charge in [-0.3, -0.25) is 9.36 Å². The fourth-order valence-electron chi connectivity index (χ4n) is 1.25. The third-order valence-corrected chi connectivity index (χ3v) is 2.29. The molecular weight excluding hydrogens is 180 g/mol. The highest BCUT2D eigenvalue weighted by Gasteiger charge is 2.21. The summed E-state index contributed by atoms with van der Waals surface area (Å²) in [6.45, 7) is 1.06. The van der Waals surface area contributed by atoms with Gasteiger partial charge in [0.15, 0.2) is 0 Å². The summed E-state index contributed by atoms with van der Waals surface area (Å²) in [5, 5.41) is 0. The van der Waals surface area contributed by atoms with Crippen LogP contribution in [0, 0.1) is 5.92 Å². The van der Waals surface area contributed by atoms with Crippen LogP contribution in [0.4, 0.5) is 5.69 Å². The first-order valence-corrected chi connectivity index (χ1v) is 4.79. The molecule has 1 saturated carbocycles. The Labute approximate surface area is 82.3 Å². The molecule has 0 atom stereocenters. The fraction of sp³-hybridized carbons (Fsp3) is 0.500. The number of aromatic nitrogens is 1. The molecule has 4 nitrogen and oxygen atoms in total. The fourth-order valence-corrected chi connectivity index (χ4v) is 1.25. The molecule has 0 radical (unpaired) electrons. The number of hydrogen-bond acceptors (Lipinski definition) is 3. The van der Waals surface area contributed by atoms with Crippen molar-refractivity contribution < 1.29 is 4.74 Å². The van der Waals surface area contributed by atoms with E-state index in [1.54, 1.807) is 12.3 Å². The van der Waals surface area contributed by atoms with Gasteiger partial charge in [-0.1, -0.05) is 0 Å². The number of pyridine rings is 1. The lowest BCUT2D eigenvalue weighted by Gasteiger charge is -2.06. The van der Waals surface area contributed by atoms with E-state index in [1.807, 2.05) is 0 Å². The Morgan fingerprint density at radius 1 is 1.50 bits per heavy atom. The van der Waals surface area contributed by atoms with Crippen molar-refractivity contribution in [2.75, 3.05) is 12.3 Å². The molecule has 1 aliphatic rings. The van der Waals surface area contributed by atoms with E-state index in [9.17, 15) is 4.79 Å². The summed E-state index contributed by atoms with van der Waals surface area (Å²) in [5.74, 6) is 0.715. The molecule has 0 aliphatic heterocycles. The molecule has 2 N–H and O–H groups in total. The Kier molecular flexibility index (Phi) is 2.54. The minimum Gasteiger partial charge on any atom is -0.398 e. The average Bonchev–Trinajstić information content (AvgIpc) is 2.95. The van der Waals surface area contributed by atoms with Crippen LogP contribution in [0.25, 0.3) is 0 Å². The van der Waals surface area contributed by atoms with E-state index in [-0.39, 0.29) is 5.56 Å². The Balaban J connectivity index is 1.93. The zero-order valence-electron chi connectivity index (χ0n) is 7.98. The summed E-state index contributed by atoms with van der Waals surface area (Å²) >= 11 is 0. The molecule has 1 aliphatic carbocycles. The van der Waals surface area contributed by atoms with Gasteiger partial charge in [0.25, 0.3) is 5.56 Å². The van der Waals surface area contributed by atoms with E-state index < -0.39 is 0 Å². The van der Waals surface area contributed by atoms with Crippen molar-refractivity contribution in [3.8, 4) is 0 Å². The summed E-state index contributed by atoms with van der Waals surface area (Å²) in [6.07, 6.45) is 4.12. The van der Waals surface area contributed by atoms with Gasteiger partial charge >= 0.3 is 0 Å². The van der Waals surface area contributed by atoms with Crippen LogP contribution in [0.2, 0.25) is 0 Å². The number of hydrogen-bond donors (Lipinski definition) is 1. The van der Waals surface area contributed by atoms with Crippen LogP contribution in [-0.4, -0.2) is 11.2 Å². The van der Waals surface area contributed by atoms with Gasteiger partial charge in [-0.2, -0.15) is 0 Å². The number of nitrogens with two attached hydrogens (primary N) is 1. The van der Waals surface area contributed by atoms with Gasteiger partial charge in [-0.25, -0.2) is 0 Å². The monoisotopic (exact) mass is 194 g/mol. The second-order valence-electron chi connectivity index (χ2n) is 3.71. The summed E-state index contributed by atoms with van der Waals surface area (Å²) in [4.78, 5) is 11.3.